The molecule has 1 unspecified atom stereocenters. The van der Waals surface area contributed by atoms with Gasteiger partial charge in [-0.25, -0.2) is 0 Å². The van der Waals surface area contributed by atoms with E-state index >= 15 is 0 Å². The molecule has 0 bridgehead atoms. The number of carbonyl (C=O) groups excluding carboxylic acids is 1. The van der Waals surface area contributed by atoms with Crippen LogP contribution in [0.25, 0.3) is 0 Å². The van der Waals surface area contributed by atoms with Crippen molar-refractivity contribution in [3.05, 3.63) is 29.8 Å². The van der Waals surface area contributed by atoms with Crippen LogP contribution in [0.5, 0.6) is 0 Å². The quantitative estimate of drug-likeness (QED) is 0.897. The van der Waals surface area contributed by atoms with Gasteiger partial charge >= 0.3 is 0 Å². The Morgan fingerprint density at radius 2 is 2.00 bits per heavy atom. The first-order chi connectivity index (χ1) is 9.72. The Bertz CT molecular complexity index is 442. The Morgan fingerprint density at radius 1 is 1.30 bits per heavy atom. The first-order valence-electron chi connectivity index (χ1n) is 7.35. The number of carbonyl (C=O) groups is 1. The third kappa shape index (κ3) is 3.73. The summed E-state index contributed by atoms with van der Waals surface area (Å²) in [5.74, 6) is -0.0686. The lowest BCUT2D eigenvalue weighted by Gasteiger charge is -2.30. The van der Waals surface area contributed by atoms with Gasteiger partial charge in [-0.1, -0.05) is 18.2 Å². The highest BCUT2D eigenvalue weighted by Crippen LogP contribution is 2.23. The van der Waals surface area contributed by atoms with Gasteiger partial charge in [-0.2, -0.15) is 0 Å². The molecule has 1 aliphatic rings. The van der Waals surface area contributed by atoms with E-state index in [1.54, 1.807) is 14.0 Å². The Kier molecular flexibility index (Phi) is 5.41. The number of amides is 1. The van der Waals surface area contributed by atoms with Crippen molar-refractivity contribution in [1.82, 2.24) is 5.32 Å². The molecule has 2 rings (SSSR count). The Morgan fingerprint density at radius 3 is 2.70 bits per heavy atom. The molecule has 0 radical (unpaired) electrons. The van der Waals surface area contributed by atoms with Crippen LogP contribution >= 0.6 is 0 Å². The van der Waals surface area contributed by atoms with E-state index in [1.807, 2.05) is 6.07 Å². The fourth-order valence-electron chi connectivity index (χ4n) is 2.54. The fraction of sp³-hybridized carbons (Fsp3) is 0.562. The van der Waals surface area contributed by atoms with Crippen LogP contribution in [0.4, 0.5) is 5.69 Å². The van der Waals surface area contributed by atoms with Gasteiger partial charge < -0.3 is 15.0 Å². The van der Waals surface area contributed by atoms with Crippen LogP contribution in [0, 0.1) is 0 Å². The zero-order valence-electron chi connectivity index (χ0n) is 12.4. The van der Waals surface area contributed by atoms with Gasteiger partial charge in [0.15, 0.2) is 0 Å². The van der Waals surface area contributed by atoms with Crippen molar-refractivity contribution in [3.63, 3.8) is 0 Å². The number of nitrogens with zero attached hydrogens (tertiary/aromatic N) is 1. The zero-order chi connectivity index (χ0) is 14.4. The molecule has 1 amide bonds. The van der Waals surface area contributed by atoms with Crippen molar-refractivity contribution in [1.29, 1.82) is 0 Å². The molecule has 0 spiro atoms. The number of rotatable bonds is 5. The van der Waals surface area contributed by atoms with Crippen molar-refractivity contribution in [2.75, 3.05) is 25.1 Å². The molecule has 20 heavy (non-hydrogen) atoms. The summed E-state index contributed by atoms with van der Waals surface area (Å²) in [5, 5.41) is 2.94. The predicted molar refractivity (Wildman–Crippen MR) is 80.8 cm³/mol. The molecule has 1 heterocycles. The van der Waals surface area contributed by atoms with Crippen molar-refractivity contribution >= 4 is 11.6 Å². The van der Waals surface area contributed by atoms with E-state index in [9.17, 15) is 4.79 Å². The highest BCUT2D eigenvalue weighted by atomic mass is 16.5. The summed E-state index contributed by atoms with van der Waals surface area (Å²) in [4.78, 5) is 14.2. The summed E-state index contributed by atoms with van der Waals surface area (Å²) < 4.78 is 5.02. The minimum atomic E-state index is -0.405. The minimum absolute atomic E-state index is 0.0686. The first kappa shape index (κ1) is 14.9. The molecule has 0 aliphatic carbocycles. The number of nitrogens with one attached hydrogen (secondary N) is 1. The van der Waals surface area contributed by atoms with E-state index < -0.39 is 6.10 Å². The second-order valence-corrected chi connectivity index (χ2v) is 5.27. The molecule has 1 N–H and O–H groups in total. The second-order valence-electron chi connectivity index (χ2n) is 5.27. The van der Waals surface area contributed by atoms with Crippen LogP contribution in [-0.4, -0.2) is 32.2 Å². The van der Waals surface area contributed by atoms with E-state index in [1.165, 1.54) is 30.5 Å². The number of piperidine rings is 1. The zero-order valence-corrected chi connectivity index (χ0v) is 12.4. The number of hydrogen-bond acceptors (Lipinski definition) is 3. The van der Waals surface area contributed by atoms with Gasteiger partial charge in [0.2, 0.25) is 5.91 Å². The van der Waals surface area contributed by atoms with Gasteiger partial charge in [-0.15, -0.1) is 0 Å². The van der Waals surface area contributed by atoms with Crippen molar-refractivity contribution < 1.29 is 9.53 Å². The van der Waals surface area contributed by atoms with E-state index in [-0.39, 0.29) is 5.91 Å². The number of benzene rings is 1. The lowest BCUT2D eigenvalue weighted by Crippen LogP contribution is -2.35. The number of anilines is 1. The van der Waals surface area contributed by atoms with Gasteiger partial charge in [0.05, 0.1) is 0 Å². The van der Waals surface area contributed by atoms with Crippen LogP contribution in [0.1, 0.15) is 31.7 Å². The summed E-state index contributed by atoms with van der Waals surface area (Å²) in [6.07, 6.45) is 3.42. The van der Waals surface area contributed by atoms with Crippen LogP contribution in [-0.2, 0) is 16.1 Å². The average molecular weight is 276 g/mol. The van der Waals surface area contributed by atoms with Gasteiger partial charge in [0.25, 0.3) is 0 Å². The molecule has 1 saturated heterocycles. The fourth-order valence-corrected chi connectivity index (χ4v) is 2.54. The Hall–Kier alpha value is -1.55. The summed E-state index contributed by atoms with van der Waals surface area (Å²) in [5.41, 5.74) is 2.42. The maximum atomic E-state index is 11.8. The van der Waals surface area contributed by atoms with Gasteiger partial charge in [0.1, 0.15) is 6.10 Å². The second kappa shape index (κ2) is 7.29. The molecule has 4 nitrogen and oxygen atoms in total. The van der Waals surface area contributed by atoms with Gasteiger partial charge in [0, 0.05) is 32.4 Å². The predicted octanol–water partition coefficient (Wildman–Crippen LogP) is 2.33. The van der Waals surface area contributed by atoms with Gasteiger partial charge in [-0.3, -0.25) is 4.79 Å². The van der Waals surface area contributed by atoms with Crippen LogP contribution in [0.2, 0.25) is 0 Å². The minimum Gasteiger partial charge on any atom is -0.372 e. The summed E-state index contributed by atoms with van der Waals surface area (Å²) in [6, 6.07) is 8.32. The van der Waals surface area contributed by atoms with Crippen LogP contribution in [0.15, 0.2) is 24.3 Å². The smallest absolute Gasteiger partial charge is 0.249 e. The lowest BCUT2D eigenvalue weighted by molar-refractivity contribution is -0.130. The maximum absolute atomic E-state index is 11.8. The first-order valence-corrected chi connectivity index (χ1v) is 7.35. The van der Waals surface area contributed by atoms with E-state index in [0.717, 1.165) is 13.1 Å². The molecule has 1 atom stereocenters. The molecule has 4 heteroatoms. The Labute approximate surface area is 121 Å². The molecule has 0 saturated carbocycles. The van der Waals surface area contributed by atoms with Gasteiger partial charge in [-0.05, 0) is 37.8 Å². The standard InChI is InChI=1S/C16H24N2O2/c1-13(20-2)16(19)17-12-14-8-4-5-9-15(14)18-10-6-3-7-11-18/h4-5,8-9,13H,3,6-7,10-12H2,1-2H3,(H,17,19). The third-order valence-corrected chi connectivity index (χ3v) is 3.86. The van der Waals surface area contributed by atoms with Crippen molar-refractivity contribution in [2.24, 2.45) is 0 Å². The summed E-state index contributed by atoms with van der Waals surface area (Å²) >= 11 is 0. The topological polar surface area (TPSA) is 41.6 Å². The molecule has 1 fully saturated rings. The number of hydrogen-bond donors (Lipinski definition) is 1. The third-order valence-electron chi connectivity index (χ3n) is 3.86. The van der Waals surface area contributed by atoms with Crippen LogP contribution in [0.3, 0.4) is 0 Å². The molecule has 1 aromatic carbocycles. The van der Waals surface area contributed by atoms with E-state index in [2.05, 4.69) is 28.4 Å². The number of ether oxygens (including phenoxy) is 1. The normalized spacial score (nSPS) is 16.8. The van der Waals surface area contributed by atoms with E-state index in [4.69, 9.17) is 4.74 Å². The molecular weight excluding hydrogens is 252 g/mol. The number of methoxy groups -OCH3 is 1. The SMILES string of the molecule is COC(C)C(=O)NCc1ccccc1N1CCCCC1. The highest BCUT2D eigenvalue weighted by Gasteiger charge is 2.15. The van der Waals surface area contributed by atoms with Crippen molar-refractivity contribution in [2.45, 2.75) is 38.8 Å². The van der Waals surface area contributed by atoms with Crippen LogP contribution < -0.4 is 10.2 Å². The summed E-state index contributed by atoms with van der Waals surface area (Å²) in [6.45, 7) is 4.53. The molecular formula is C16H24N2O2. The summed E-state index contributed by atoms with van der Waals surface area (Å²) in [7, 11) is 1.55. The Balaban J connectivity index is 2.02. The molecule has 1 aliphatic heterocycles. The number of para-hydroxylation sites is 1. The molecule has 110 valence electrons. The van der Waals surface area contributed by atoms with E-state index in [0.29, 0.717) is 6.54 Å². The molecule has 1 aromatic rings. The van der Waals surface area contributed by atoms with Crippen molar-refractivity contribution in [3.8, 4) is 0 Å². The average Bonchev–Trinajstić information content (AvgIpc) is 2.53. The monoisotopic (exact) mass is 276 g/mol. The maximum Gasteiger partial charge on any atom is 0.249 e. The molecule has 0 aromatic heterocycles. The lowest BCUT2D eigenvalue weighted by atomic mass is 10.1. The largest absolute Gasteiger partial charge is 0.372 e. The highest BCUT2D eigenvalue weighted by molar-refractivity contribution is 5.80.